The standard InChI is InChI=1S/C24H32N2O5.ClH/c1-28-19-10-8-17(9-11-19)20(26-12-6-5-7-13-26)16-25-24(27)18-14-21(29-2)23(31-4)22(15-18)30-3;/h8-11,14-15,20H,5-7,12-13,16H2,1-4H3,(H,25,27);1H. The van der Waals surface area contributed by atoms with Crippen molar-refractivity contribution in [2.24, 2.45) is 0 Å². The summed E-state index contributed by atoms with van der Waals surface area (Å²) in [6, 6.07) is 11.5. The maximum absolute atomic E-state index is 13.0. The van der Waals surface area contributed by atoms with Gasteiger partial charge in [-0.15, -0.1) is 12.4 Å². The molecule has 1 fully saturated rings. The molecule has 0 radical (unpaired) electrons. The van der Waals surface area contributed by atoms with Crippen LogP contribution in [0.5, 0.6) is 23.0 Å². The van der Waals surface area contributed by atoms with Gasteiger partial charge >= 0.3 is 0 Å². The Kier molecular flexibility index (Phi) is 9.94. The van der Waals surface area contributed by atoms with Crippen LogP contribution < -0.4 is 24.3 Å². The van der Waals surface area contributed by atoms with Crippen LogP contribution in [0.15, 0.2) is 36.4 Å². The second kappa shape index (κ2) is 12.4. The number of carbonyl (C=O) groups is 1. The summed E-state index contributed by atoms with van der Waals surface area (Å²) in [6.45, 7) is 2.55. The van der Waals surface area contributed by atoms with Crippen molar-refractivity contribution in [2.45, 2.75) is 25.3 Å². The fourth-order valence-corrected chi connectivity index (χ4v) is 4.02. The Balaban J connectivity index is 0.00000363. The van der Waals surface area contributed by atoms with Gasteiger partial charge in [-0.1, -0.05) is 18.6 Å². The smallest absolute Gasteiger partial charge is 0.251 e. The number of rotatable bonds is 9. The number of amides is 1. The highest BCUT2D eigenvalue weighted by molar-refractivity contribution is 5.95. The predicted molar refractivity (Wildman–Crippen MR) is 127 cm³/mol. The average molecular weight is 465 g/mol. The van der Waals surface area contributed by atoms with Gasteiger partial charge in [-0.05, 0) is 55.8 Å². The molecule has 32 heavy (non-hydrogen) atoms. The molecule has 0 aromatic heterocycles. The van der Waals surface area contributed by atoms with Crippen LogP contribution in [0, 0.1) is 0 Å². The number of ether oxygens (including phenoxy) is 4. The first-order valence-electron chi connectivity index (χ1n) is 10.6. The number of methoxy groups -OCH3 is 4. The highest BCUT2D eigenvalue weighted by Gasteiger charge is 2.24. The zero-order valence-corrected chi connectivity index (χ0v) is 20.0. The van der Waals surface area contributed by atoms with Gasteiger partial charge in [0.05, 0.1) is 34.5 Å². The van der Waals surface area contributed by atoms with E-state index in [1.807, 2.05) is 12.1 Å². The summed E-state index contributed by atoms with van der Waals surface area (Å²) in [5, 5.41) is 3.10. The van der Waals surface area contributed by atoms with Crippen molar-refractivity contribution in [2.75, 3.05) is 48.1 Å². The van der Waals surface area contributed by atoms with Crippen LogP contribution in [0.3, 0.4) is 0 Å². The van der Waals surface area contributed by atoms with Gasteiger partial charge in [-0.25, -0.2) is 0 Å². The maximum atomic E-state index is 13.0. The summed E-state index contributed by atoms with van der Waals surface area (Å²) < 4.78 is 21.4. The zero-order valence-electron chi connectivity index (χ0n) is 19.2. The van der Waals surface area contributed by atoms with Crippen molar-refractivity contribution in [3.63, 3.8) is 0 Å². The van der Waals surface area contributed by atoms with E-state index in [0.29, 0.717) is 29.4 Å². The molecule has 0 aliphatic carbocycles. The molecule has 0 saturated carbocycles. The maximum Gasteiger partial charge on any atom is 0.251 e. The quantitative estimate of drug-likeness (QED) is 0.602. The summed E-state index contributed by atoms with van der Waals surface area (Å²) in [7, 11) is 6.27. The molecular weight excluding hydrogens is 432 g/mol. The molecule has 3 rings (SSSR count). The molecule has 1 amide bonds. The summed E-state index contributed by atoms with van der Waals surface area (Å²) in [6.07, 6.45) is 3.60. The van der Waals surface area contributed by atoms with Crippen LogP contribution in [-0.2, 0) is 0 Å². The number of hydrogen-bond donors (Lipinski definition) is 1. The normalized spacial score (nSPS) is 14.6. The molecule has 7 nitrogen and oxygen atoms in total. The number of benzene rings is 2. The Morgan fingerprint density at radius 2 is 1.50 bits per heavy atom. The van der Waals surface area contributed by atoms with E-state index in [9.17, 15) is 4.79 Å². The Hall–Kier alpha value is -2.64. The largest absolute Gasteiger partial charge is 0.497 e. The molecule has 2 aromatic rings. The SMILES string of the molecule is COc1ccc(C(CNC(=O)c2cc(OC)c(OC)c(OC)c2)N2CCCCC2)cc1.Cl. The van der Waals surface area contributed by atoms with Crippen LogP contribution in [-0.4, -0.2) is 58.9 Å². The van der Waals surface area contributed by atoms with E-state index < -0.39 is 0 Å². The van der Waals surface area contributed by atoms with Crippen LogP contribution in [0.2, 0.25) is 0 Å². The third-order valence-corrected chi connectivity index (χ3v) is 5.71. The lowest BCUT2D eigenvalue weighted by Crippen LogP contribution is -2.40. The van der Waals surface area contributed by atoms with Crippen molar-refractivity contribution in [1.82, 2.24) is 10.2 Å². The van der Waals surface area contributed by atoms with Gasteiger partial charge in [0.2, 0.25) is 5.75 Å². The van der Waals surface area contributed by atoms with Gasteiger partial charge in [0.25, 0.3) is 5.91 Å². The highest BCUT2D eigenvalue weighted by atomic mass is 35.5. The first-order chi connectivity index (χ1) is 15.1. The van der Waals surface area contributed by atoms with Gasteiger partial charge < -0.3 is 24.3 Å². The minimum atomic E-state index is -0.185. The number of nitrogens with one attached hydrogen (secondary N) is 1. The van der Waals surface area contributed by atoms with Crippen molar-refractivity contribution in [3.05, 3.63) is 47.5 Å². The molecule has 1 saturated heterocycles. The van der Waals surface area contributed by atoms with Crippen molar-refractivity contribution in [3.8, 4) is 23.0 Å². The molecule has 1 aliphatic rings. The second-order valence-electron chi connectivity index (χ2n) is 7.51. The van der Waals surface area contributed by atoms with Gasteiger partial charge in [0.15, 0.2) is 11.5 Å². The number of carbonyl (C=O) groups excluding carboxylic acids is 1. The fraction of sp³-hybridized carbons (Fsp3) is 0.458. The molecule has 0 bridgehead atoms. The summed E-state index contributed by atoms with van der Waals surface area (Å²) in [5.41, 5.74) is 1.62. The molecule has 1 unspecified atom stereocenters. The molecule has 1 atom stereocenters. The van der Waals surface area contributed by atoms with E-state index in [1.165, 1.54) is 40.6 Å². The van der Waals surface area contributed by atoms with Gasteiger partial charge in [0.1, 0.15) is 5.75 Å². The molecule has 1 heterocycles. The lowest BCUT2D eigenvalue weighted by molar-refractivity contribution is 0.0923. The van der Waals surface area contributed by atoms with E-state index in [0.717, 1.165) is 24.4 Å². The van der Waals surface area contributed by atoms with Crippen molar-refractivity contribution < 1.29 is 23.7 Å². The summed E-state index contributed by atoms with van der Waals surface area (Å²) in [4.78, 5) is 15.4. The molecule has 8 heteroatoms. The first-order valence-corrected chi connectivity index (χ1v) is 10.6. The number of halogens is 1. The predicted octanol–water partition coefficient (Wildman–Crippen LogP) is 4.10. The van der Waals surface area contributed by atoms with Gasteiger partial charge in [-0.2, -0.15) is 0 Å². The molecule has 1 aliphatic heterocycles. The fourth-order valence-electron chi connectivity index (χ4n) is 4.02. The van der Waals surface area contributed by atoms with Crippen molar-refractivity contribution >= 4 is 18.3 Å². The Labute approximate surface area is 196 Å². The lowest BCUT2D eigenvalue weighted by atomic mass is 10.0. The number of likely N-dealkylation sites (tertiary alicyclic amines) is 1. The molecule has 2 aromatic carbocycles. The van der Waals surface area contributed by atoms with Crippen molar-refractivity contribution in [1.29, 1.82) is 0 Å². The molecule has 0 spiro atoms. The number of hydrogen-bond acceptors (Lipinski definition) is 6. The monoisotopic (exact) mass is 464 g/mol. The third-order valence-electron chi connectivity index (χ3n) is 5.71. The third kappa shape index (κ3) is 5.99. The minimum Gasteiger partial charge on any atom is -0.497 e. The van der Waals surface area contributed by atoms with E-state index in [2.05, 4.69) is 22.3 Å². The highest BCUT2D eigenvalue weighted by Crippen LogP contribution is 2.38. The van der Waals surface area contributed by atoms with E-state index >= 15 is 0 Å². The van der Waals surface area contributed by atoms with Crippen LogP contribution >= 0.6 is 12.4 Å². The zero-order chi connectivity index (χ0) is 22.2. The minimum absolute atomic E-state index is 0. The second-order valence-corrected chi connectivity index (χ2v) is 7.51. The van der Waals surface area contributed by atoms with Gasteiger partial charge in [-0.3, -0.25) is 9.69 Å². The van der Waals surface area contributed by atoms with Crippen LogP contribution in [0.25, 0.3) is 0 Å². The Morgan fingerprint density at radius 3 is 2.00 bits per heavy atom. The van der Waals surface area contributed by atoms with E-state index in [-0.39, 0.29) is 24.4 Å². The number of nitrogens with zero attached hydrogens (tertiary/aromatic N) is 1. The first kappa shape index (κ1) is 25.6. The summed E-state index contributed by atoms with van der Waals surface area (Å²) >= 11 is 0. The van der Waals surface area contributed by atoms with Gasteiger partial charge in [0, 0.05) is 12.1 Å². The lowest BCUT2D eigenvalue weighted by Gasteiger charge is -2.35. The molecule has 176 valence electrons. The molecule has 1 N–H and O–H groups in total. The van der Waals surface area contributed by atoms with Crippen LogP contribution in [0.1, 0.15) is 41.2 Å². The Morgan fingerprint density at radius 1 is 0.906 bits per heavy atom. The topological polar surface area (TPSA) is 69.3 Å². The number of piperidine rings is 1. The average Bonchev–Trinajstić information content (AvgIpc) is 2.84. The summed E-state index contributed by atoms with van der Waals surface area (Å²) in [5.74, 6) is 2.01. The van der Waals surface area contributed by atoms with Crippen LogP contribution in [0.4, 0.5) is 0 Å². The van der Waals surface area contributed by atoms with E-state index in [1.54, 1.807) is 19.2 Å². The Bertz CT molecular complexity index is 844. The molecular formula is C24H33ClN2O5. The van der Waals surface area contributed by atoms with E-state index in [4.69, 9.17) is 18.9 Å².